The Bertz CT molecular complexity index is 1550. The largest absolute Gasteiger partial charge is 0.382 e. The molecule has 0 unspecified atom stereocenters. The zero-order chi connectivity index (χ0) is 31.6. The van der Waals surface area contributed by atoms with Crippen LogP contribution in [0.1, 0.15) is 73.2 Å². The molecule has 2 amide bonds. The van der Waals surface area contributed by atoms with Crippen LogP contribution in [0, 0.1) is 5.92 Å². The SMILES string of the molecule is CC(C)COC1CCN(S(=O)(=O)c2cccc(C(=O)N3CCC4(CCC(NC(=O)c5nc(Cl)c(N)nc5N)=N4)CC3)c2)CC1. The van der Waals surface area contributed by atoms with Crippen LogP contribution in [0.2, 0.25) is 5.15 Å². The zero-order valence-electron chi connectivity index (χ0n) is 25.0. The number of nitrogens with one attached hydrogen (secondary N) is 1. The molecule has 238 valence electrons. The highest BCUT2D eigenvalue weighted by Crippen LogP contribution is 2.36. The third kappa shape index (κ3) is 6.98. The van der Waals surface area contributed by atoms with Crippen LogP contribution in [0.5, 0.6) is 0 Å². The first-order valence-electron chi connectivity index (χ1n) is 14.9. The predicted molar refractivity (Wildman–Crippen MR) is 167 cm³/mol. The van der Waals surface area contributed by atoms with Gasteiger partial charge in [-0.15, -0.1) is 0 Å². The van der Waals surface area contributed by atoms with E-state index in [0.29, 0.717) is 82.2 Å². The van der Waals surface area contributed by atoms with E-state index in [0.717, 1.165) is 6.42 Å². The molecular weight excluding hydrogens is 608 g/mol. The van der Waals surface area contributed by atoms with Gasteiger partial charge in [-0.25, -0.2) is 18.4 Å². The molecule has 0 aliphatic carbocycles. The monoisotopic (exact) mass is 646 g/mol. The van der Waals surface area contributed by atoms with Crippen LogP contribution >= 0.6 is 11.6 Å². The van der Waals surface area contributed by atoms with Crippen molar-refractivity contribution in [3.8, 4) is 0 Å². The molecule has 0 radical (unpaired) electrons. The standard InChI is InChI=1S/C29H39ClN8O5S/c1-18(2)17-43-20-7-12-38(13-8-20)44(41,42)21-5-3-4-19(16-21)28(40)37-14-10-29(11-15-37)9-6-22(36-29)33-27(39)23-25(31)35-26(32)24(30)34-23/h3-5,16,18,20H,6-15,17H2,1-2H3,(H4,31,32,35)(H,33,36,39). The number of carbonyl (C=O) groups excluding carboxylic acids is 2. The van der Waals surface area contributed by atoms with Gasteiger partial charge in [0, 0.05) is 44.8 Å². The van der Waals surface area contributed by atoms with Gasteiger partial charge in [0.2, 0.25) is 10.0 Å². The molecule has 15 heteroatoms. The molecule has 44 heavy (non-hydrogen) atoms. The van der Waals surface area contributed by atoms with E-state index in [1.54, 1.807) is 23.1 Å². The van der Waals surface area contributed by atoms with Crippen molar-refractivity contribution >= 4 is 50.9 Å². The summed E-state index contributed by atoms with van der Waals surface area (Å²) in [5.41, 5.74) is 11.2. The number of ether oxygens (including phenoxy) is 1. The molecular formula is C29H39ClN8O5S. The Labute approximate surface area is 262 Å². The van der Waals surface area contributed by atoms with E-state index in [9.17, 15) is 18.0 Å². The molecule has 0 bridgehead atoms. The summed E-state index contributed by atoms with van der Waals surface area (Å²) in [6, 6.07) is 6.28. The van der Waals surface area contributed by atoms with Crippen LogP contribution in [0.3, 0.4) is 0 Å². The highest BCUT2D eigenvalue weighted by molar-refractivity contribution is 7.89. The second kappa shape index (κ2) is 13.0. The molecule has 3 aliphatic rings. The maximum atomic E-state index is 13.4. The number of aliphatic imine (C=N–C) groups is 1. The maximum absolute atomic E-state index is 13.4. The maximum Gasteiger partial charge on any atom is 0.279 e. The molecule has 1 aromatic carbocycles. The van der Waals surface area contributed by atoms with E-state index in [1.807, 2.05) is 0 Å². The van der Waals surface area contributed by atoms with E-state index in [-0.39, 0.29) is 39.4 Å². The minimum absolute atomic E-state index is 0.0596. The Morgan fingerprint density at radius 2 is 1.80 bits per heavy atom. The molecule has 2 aromatic rings. The number of halogens is 1. The van der Waals surface area contributed by atoms with E-state index >= 15 is 0 Å². The Hall–Kier alpha value is -3.33. The van der Waals surface area contributed by atoms with Crippen LogP contribution in [0.25, 0.3) is 0 Å². The molecule has 2 fully saturated rings. The van der Waals surface area contributed by atoms with Crippen LogP contribution in [0.15, 0.2) is 34.2 Å². The summed E-state index contributed by atoms with van der Waals surface area (Å²) in [5.74, 6) is -0.0388. The second-order valence-corrected chi connectivity index (χ2v) is 14.3. The number of benzene rings is 1. The quantitative estimate of drug-likeness (QED) is 0.406. The summed E-state index contributed by atoms with van der Waals surface area (Å²) in [5, 5.41) is 2.65. The number of amidine groups is 1. The smallest absolute Gasteiger partial charge is 0.279 e. The van der Waals surface area contributed by atoms with Gasteiger partial charge >= 0.3 is 0 Å². The van der Waals surface area contributed by atoms with Crippen LogP contribution in [-0.2, 0) is 14.8 Å². The van der Waals surface area contributed by atoms with Gasteiger partial charge in [0.15, 0.2) is 22.5 Å². The summed E-state index contributed by atoms with van der Waals surface area (Å²) in [7, 11) is -3.74. The number of sulfonamides is 1. The van der Waals surface area contributed by atoms with Crippen LogP contribution in [-0.4, -0.2) is 89.7 Å². The normalized spacial score (nSPS) is 19.4. The number of carbonyl (C=O) groups is 2. The third-order valence-electron chi connectivity index (χ3n) is 8.34. The molecule has 0 saturated carbocycles. The number of hydrogen-bond donors (Lipinski definition) is 3. The van der Waals surface area contributed by atoms with E-state index < -0.39 is 21.5 Å². The van der Waals surface area contributed by atoms with E-state index in [4.69, 9.17) is 32.8 Å². The number of nitrogen functional groups attached to an aromatic ring is 2. The number of aromatic nitrogens is 2. The van der Waals surface area contributed by atoms with E-state index in [2.05, 4.69) is 29.1 Å². The molecule has 2 saturated heterocycles. The van der Waals surface area contributed by atoms with Crippen molar-refractivity contribution in [1.82, 2.24) is 24.5 Å². The van der Waals surface area contributed by atoms with Crippen molar-refractivity contribution in [2.45, 2.75) is 68.9 Å². The molecule has 5 N–H and O–H groups in total. The van der Waals surface area contributed by atoms with Crippen molar-refractivity contribution in [3.05, 3.63) is 40.7 Å². The second-order valence-electron chi connectivity index (χ2n) is 12.0. The summed E-state index contributed by atoms with van der Waals surface area (Å²) >= 11 is 5.90. The first-order chi connectivity index (χ1) is 20.9. The minimum Gasteiger partial charge on any atom is -0.382 e. The third-order valence-corrected chi connectivity index (χ3v) is 10.5. The van der Waals surface area contributed by atoms with Crippen molar-refractivity contribution in [1.29, 1.82) is 0 Å². The Balaban J connectivity index is 1.18. The Morgan fingerprint density at radius 1 is 1.09 bits per heavy atom. The number of anilines is 2. The molecule has 0 atom stereocenters. The van der Waals surface area contributed by atoms with Crippen LogP contribution < -0.4 is 16.8 Å². The zero-order valence-corrected chi connectivity index (χ0v) is 26.5. The van der Waals surface area contributed by atoms with Crippen molar-refractivity contribution in [2.75, 3.05) is 44.3 Å². The molecule has 1 aromatic heterocycles. The first-order valence-corrected chi connectivity index (χ1v) is 16.7. The van der Waals surface area contributed by atoms with Gasteiger partial charge in [-0.2, -0.15) is 4.31 Å². The molecule has 3 aliphatic heterocycles. The number of hydrogen-bond acceptors (Lipinski definition) is 10. The average molecular weight is 647 g/mol. The fourth-order valence-electron chi connectivity index (χ4n) is 5.82. The van der Waals surface area contributed by atoms with Gasteiger partial charge in [0.05, 0.1) is 16.5 Å². The van der Waals surface area contributed by atoms with Crippen molar-refractivity contribution in [2.24, 2.45) is 10.9 Å². The van der Waals surface area contributed by atoms with Gasteiger partial charge in [0.25, 0.3) is 11.8 Å². The number of nitrogens with two attached hydrogens (primary N) is 2. The lowest BCUT2D eigenvalue weighted by atomic mass is 9.86. The van der Waals surface area contributed by atoms with E-state index in [1.165, 1.54) is 10.4 Å². The first kappa shape index (κ1) is 32.1. The molecule has 5 rings (SSSR count). The van der Waals surface area contributed by atoms with Gasteiger partial charge in [-0.1, -0.05) is 31.5 Å². The molecule has 13 nitrogen and oxygen atoms in total. The lowest BCUT2D eigenvalue weighted by Gasteiger charge is -2.37. The Kier molecular flexibility index (Phi) is 9.44. The summed E-state index contributed by atoms with van der Waals surface area (Å²) in [4.78, 5) is 40.6. The molecule has 4 heterocycles. The lowest BCUT2D eigenvalue weighted by Crippen LogP contribution is -2.45. The average Bonchev–Trinajstić information content (AvgIpc) is 3.39. The lowest BCUT2D eigenvalue weighted by molar-refractivity contribution is 0.00748. The Morgan fingerprint density at radius 3 is 2.48 bits per heavy atom. The van der Waals surface area contributed by atoms with Gasteiger partial charge < -0.3 is 26.4 Å². The summed E-state index contributed by atoms with van der Waals surface area (Å²) < 4.78 is 34.2. The van der Waals surface area contributed by atoms with Gasteiger partial charge in [-0.05, 0) is 56.2 Å². The number of piperidine rings is 2. The van der Waals surface area contributed by atoms with Crippen molar-refractivity contribution in [3.63, 3.8) is 0 Å². The van der Waals surface area contributed by atoms with Gasteiger partial charge in [-0.3, -0.25) is 14.6 Å². The highest BCUT2D eigenvalue weighted by Gasteiger charge is 2.40. The van der Waals surface area contributed by atoms with Crippen molar-refractivity contribution < 1.29 is 22.7 Å². The van der Waals surface area contributed by atoms with Gasteiger partial charge in [0.1, 0.15) is 5.84 Å². The highest BCUT2D eigenvalue weighted by atomic mass is 35.5. The van der Waals surface area contributed by atoms with Crippen LogP contribution in [0.4, 0.5) is 11.6 Å². The fraction of sp³-hybridized carbons (Fsp3) is 0.552. The molecule has 1 spiro atoms. The number of amides is 2. The topological polar surface area (TPSA) is 186 Å². The predicted octanol–water partition coefficient (Wildman–Crippen LogP) is 2.72. The summed E-state index contributed by atoms with van der Waals surface area (Å²) in [6.45, 7) is 6.52. The number of nitrogens with zero attached hydrogens (tertiary/aromatic N) is 5. The number of rotatable bonds is 7. The fourth-order valence-corrected chi connectivity index (χ4v) is 7.46. The minimum atomic E-state index is -3.74. The number of likely N-dealkylation sites (tertiary alicyclic amines) is 1. The summed E-state index contributed by atoms with van der Waals surface area (Å²) in [6.07, 6.45) is 3.85.